The van der Waals surface area contributed by atoms with E-state index in [1.54, 1.807) is 4.90 Å². The zero-order valence-electron chi connectivity index (χ0n) is 22.6. The minimum absolute atomic E-state index is 0.274. The maximum absolute atomic E-state index is 12.5. The molecule has 36 heavy (non-hydrogen) atoms. The Bertz CT molecular complexity index is 1160. The van der Waals surface area contributed by atoms with Gasteiger partial charge in [0.05, 0.1) is 25.1 Å². The van der Waals surface area contributed by atoms with Crippen LogP contribution in [0.4, 0.5) is 4.79 Å². The molecule has 9 heteroatoms. The van der Waals surface area contributed by atoms with Crippen LogP contribution in [0.25, 0.3) is 22.3 Å². The highest BCUT2D eigenvalue weighted by molar-refractivity contribution is 6.76. The molecule has 4 heterocycles. The molecule has 0 atom stereocenters. The van der Waals surface area contributed by atoms with Crippen LogP contribution in [0.15, 0.2) is 24.5 Å². The Balaban J connectivity index is 1.60. The van der Waals surface area contributed by atoms with Crippen molar-refractivity contribution >= 4 is 36.5 Å². The van der Waals surface area contributed by atoms with Crippen molar-refractivity contribution in [2.75, 3.05) is 32.9 Å². The van der Waals surface area contributed by atoms with Crippen LogP contribution in [0.3, 0.4) is 0 Å². The lowest BCUT2D eigenvalue weighted by Crippen LogP contribution is -2.39. The predicted molar refractivity (Wildman–Crippen MR) is 145 cm³/mol. The molecule has 2 aliphatic rings. The minimum atomic E-state index is -1.16. The Morgan fingerprint density at radius 2 is 1.97 bits per heavy atom. The molecular formula is C27H40N4O4Si. The summed E-state index contributed by atoms with van der Waals surface area (Å²) >= 11 is 0. The van der Waals surface area contributed by atoms with E-state index >= 15 is 0 Å². The smallest absolute Gasteiger partial charge is 0.410 e. The van der Waals surface area contributed by atoms with E-state index < -0.39 is 13.7 Å². The Morgan fingerprint density at radius 3 is 2.61 bits per heavy atom. The fourth-order valence-corrected chi connectivity index (χ4v) is 5.00. The highest BCUT2D eigenvalue weighted by Gasteiger charge is 2.26. The SMILES string of the molecule is CC(C)(C)OC(=O)N1CC=C(c2cn(COCC[Si](C)(C)C)c3ncc(C4=CCOCC4)nc23)CC1. The zero-order valence-corrected chi connectivity index (χ0v) is 23.6. The lowest BCUT2D eigenvalue weighted by Gasteiger charge is -2.29. The van der Waals surface area contributed by atoms with Crippen LogP contribution in [0.5, 0.6) is 0 Å². The summed E-state index contributed by atoms with van der Waals surface area (Å²) in [4.78, 5) is 24.2. The average molecular weight is 513 g/mol. The number of carbonyl (C=O) groups excluding carboxylic acids is 1. The molecule has 0 saturated heterocycles. The molecule has 196 valence electrons. The van der Waals surface area contributed by atoms with Gasteiger partial charge in [0.1, 0.15) is 17.8 Å². The first-order valence-electron chi connectivity index (χ1n) is 12.9. The van der Waals surface area contributed by atoms with Crippen LogP contribution in [-0.2, 0) is 20.9 Å². The molecule has 0 aromatic carbocycles. The number of hydrogen-bond donors (Lipinski definition) is 0. The van der Waals surface area contributed by atoms with Gasteiger partial charge in [0.25, 0.3) is 0 Å². The number of amides is 1. The van der Waals surface area contributed by atoms with E-state index in [0.29, 0.717) is 33.0 Å². The van der Waals surface area contributed by atoms with Gasteiger partial charge in [-0.25, -0.2) is 14.8 Å². The molecule has 0 saturated carbocycles. The van der Waals surface area contributed by atoms with Crippen molar-refractivity contribution in [1.29, 1.82) is 0 Å². The monoisotopic (exact) mass is 512 g/mol. The second kappa shape index (κ2) is 10.9. The van der Waals surface area contributed by atoms with Crippen LogP contribution in [0.1, 0.15) is 44.9 Å². The summed E-state index contributed by atoms with van der Waals surface area (Å²) in [5.41, 5.74) is 5.51. The van der Waals surface area contributed by atoms with Gasteiger partial charge in [0.2, 0.25) is 0 Å². The van der Waals surface area contributed by atoms with Crippen LogP contribution in [0, 0.1) is 0 Å². The van der Waals surface area contributed by atoms with Crippen LogP contribution in [-0.4, -0.2) is 72.1 Å². The van der Waals surface area contributed by atoms with E-state index in [1.165, 1.54) is 11.1 Å². The van der Waals surface area contributed by atoms with E-state index in [2.05, 4.69) is 42.6 Å². The van der Waals surface area contributed by atoms with E-state index in [4.69, 9.17) is 24.2 Å². The standard InChI is InChI=1S/C27H40N4O4Si/c1-27(2,3)35-26(32)30-11-7-20(8-12-30)22-18-31(19-34-15-16-36(4,5)6)25-24(22)29-23(17-28-25)21-9-13-33-14-10-21/h7,9,17-18H,8,10-16,19H2,1-6H3. The molecule has 1 amide bonds. The number of rotatable bonds is 7. The van der Waals surface area contributed by atoms with E-state index in [1.807, 2.05) is 27.0 Å². The van der Waals surface area contributed by atoms with Crippen LogP contribution >= 0.6 is 0 Å². The van der Waals surface area contributed by atoms with Crippen LogP contribution in [0.2, 0.25) is 25.7 Å². The van der Waals surface area contributed by atoms with Crippen molar-refractivity contribution in [2.45, 2.75) is 71.6 Å². The van der Waals surface area contributed by atoms with E-state index in [9.17, 15) is 4.79 Å². The average Bonchev–Trinajstić information content (AvgIpc) is 3.19. The Labute approximate surface area is 215 Å². The Hall–Kier alpha value is -2.49. The predicted octanol–water partition coefficient (Wildman–Crippen LogP) is 5.57. The van der Waals surface area contributed by atoms with Crippen molar-refractivity contribution in [3.63, 3.8) is 0 Å². The van der Waals surface area contributed by atoms with Gasteiger partial charge in [-0.2, -0.15) is 0 Å². The molecule has 4 rings (SSSR count). The van der Waals surface area contributed by atoms with Gasteiger partial charge in [-0.15, -0.1) is 0 Å². The molecular weight excluding hydrogens is 472 g/mol. The summed E-state index contributed by atoms with van der Waals surface area (Å²) in [7, 11) is -1.16. The second-order valence-electron chi connectivity index (χ2n) is 11.7. The van der Waals surface area contributed by atoms with Gasteiger partial charge in [0.15, 0.2) is 5.65 Å². The summed E-state index contributed by atoms with van der Waals surface area (Å²) in [5, 5.41) is 0. The fourth-order valence-electron chi connectivity index (χ4n) is 4.25. The van der Waals surface area contributed by atoms with Gasteiger partial charge in [-0.05, 0) is 50.8 Å². The lowest BCUT2D eigenvalue weighted by molar-refractivity contribution is 0.0270. The number of nitrogens with zero attached hydrogens (tertiary/aromatic N) is 4. The largest absolute Gasteiger partial charge is 0.444 e. The van der Waals surface area contributed by atoms with Gasteiger partial charge < -0.3 is 23.7 Å². The van der Waals surface area contributed by atoms with Crippen molar-refractivity contribution < 1.29 is 19.0 Å². The number of carbonyl (C=O) groups is 1. The number of ether oxygens (including phenoxy) is 3. The number of aromatic nitrogens is 3. The third-order valence-electron chi connectivity index (χ3n) is 6.29. The van der Waals surface area contributed by atoms with Gasteiger partial charge in [0, 0.05) is 39.5 Å². The molecule has 0 spiro atoms. The molecule has 0 N–H and O–H groups in total. The molecule has 2 aliphatic heterocycles. The topological polar surface area (TPSA) is 78.7 Å². The maximum atomic E-state index is 12.5. The molecule has 2 aromatic rings. The van der Waals surface area contributed by atoms with Gasteiger partial charge in [-0.3, -0.25) is 0 Å². The molecule has 0 unspecified atom stereocenters. The lowest BCUT2D eigenvalue weighted by atomic mass is 10.0. The molecule has 0 fully saturated rings. The molecule has 2 aromatic heterocycles. The normalized spacial score (nSPS) is 17.2. The maximum Gasteiger partial charge on any atom is 0.410 e. The Kier molecular flexibility index (Phi) is 8.02. The summed E-state index contributed by atoms with van der Waals surface area (Å²) in [6.07, 6.45) is 9.47. The summed E-state index contributed by atoms with van der Waals surface area (Å²) in [6.45, 7) is 16.4. The zero-order chi connectivity index (χ0) is 25.9. The van der Waals surface area contributed by atoms with Crippen molar-refractivity contribution in [2.24, 2.45) is 0 Å². The highest BCUT2D eigenvalue weighted by Crippen LogP contribution is 2.31. The van der Waals surface area contributed by atoms with E-state index in [-0.39, 0.29) is 6.09 Å². The fraction of sp³-hybridized carbons (Fsp3) is 0.593. The first-order valence-corrected chi connectivity index (χ1v) is 16.6. The first kappa shape index (κ1) is 26.6. The highest BCUT2D eigenvalue weighted by atomic mass is 28.3. The van der Waals surface area contributed by atoms with Crippen molar-refractivity contribution in [3.8, 4) is 0 Å². The Morgan fingerprint density at radius 1 is 1.17 bits per heavy atom. The van der Waals surface area contributed by atoms with Crippen molar-refractivity contribution in [3.05, 3.63) is 35.8 Å². The number of hydrogen-bond acceptors (Lipinski definition) is 6. The first-order chi connectivity index (χ1) is 17.0. The molecule has 0 radical (unpaired) electrons. The summed E-state index contributed by atoms with van der Waals surface area (Å²) < 4.78 is 19.2. The third-order valence-corrected chi connectivity index (χ3v) is 8.00. The molecule has 8 nitrogen and oxygen atoms in total. The molecule has 0 aliphatic carbocycles. The van der Waals surface area contributed by atoms with E-state index in [0.717, 1.165) is 47.9 Å². The number of fused-ring (bicyclic) bond motifs is 1. The summed E-state index contributed by atoms with van der Waals surface area (Å²) in [6, 6.07) is 1.12. The van der Waals surface area contributed by atoms with Gasteiger partial charge in [-0.1, -0.05) is 31.8 Å². The quantitative estimate of drug-likeness (QED) is 0.356. The third kappa shape index (κ3) is 6.83. The second-order valence-corrected chi connectivity index (χ2v) is 17.4. The van der Waals surface area contributed by atoms with Gasteiger partial charge >= 0.3 is 6.09 Å². The van der Waals surface area contributed by atoms with Crippen molar-refractivity contribution in [1.82, 2.24) is 19.4 Å². The molecule has 0 bridgehead atoms. The minimum Gasteiger partial charge on any atom is -0.444 e. The summed E-state index contributed by atoms with van der Waals surface area (Å²) in [5.74, 6) is 0. The van der Waals surface area contributed by atoms with Crippen LogP contribution < -0.4 is 0 Å².